The normalized spacial score (nSPS) is 10.0. The van der Waals surface area contributed by atoms with E-state index in [9.17, 15) is 9.59 Å². The summed E-state index contributed by atoms with van der Waals surface area (Å²) < 4.78 is 0.725. The highest BCUT2D eigenvalue weighted by molar-refractivity contribution is 9.10. The maximum absolute atomic E-state index is 12.2. The van der Waals surface area contributed by atoms with Crippen molar-refractivity contribution < 1.29 is 9.59 Å². The van der Waals surface area contributed by atoms with Gasteiger partial charge in [0, 0.05) is 29.8 Å². The Morgan fingerprint density at radius 2 is 1.76 bits per heavy atom. The van der Waals surface area contributed by atoms with Crippen LogP contribution in [-0.2, 0) is 0 Å². The molecule has 0 atom stereocenters. The first-order valence-electron chi connectivity index (χ1n) is 6.36. The molecule has 21 heavy (non-hydrogen) atoms. The molecule has 0 aliphatic heterocycles. The molecule has 0 unspecified atom stereocenters. The standard InChI is InChI=1S/C16H15BrN2O2/c1-19(2)16(21)11-6-5-7-12(10-11)18-15(20)13-8-3-4-9-14(13)17/h3-10H,1-2H3,(H,18,20). The van der Waals surface area contributed by atoms with Gasteiger partial charge in [0.05, 0.1) is 5.56 Å². The Balaban J connectivity index is 2.21. The van der Waals surface area contributed by atoms with Crippen LogP contribution in [0.4, 0.5) is 5.69 Å². The summed E-state index contributed by atoms with van der Waals surface area (Å²) >= 11 is 3.35. The Hall–Kier alpha value is -2.14. The lowest BCUT2D eigenvalue weighted by Gasteiger charge is -2.12. The minimum Gasteiger partial charge on any atom is -0.345 e. The molecule has 4 nitrogen and oxygen atoms in total. The number of carbonyl (C=O) groups excluding carboxylic acids is 2. The van der Waals surface area contributed by atoms with Gasteiger partial charge in [-0.2, -0.15) is 0 Å². The largest absolute Gasteiger partial charge is 0.345 e. The number of hydrogen-bond acceptors (Lipinski definition) is 2. The number of nitrogens with one attached hydrogen (secondary N) is 1. The second kappa shape index (κ2) is 6.54. The first-order chi connectivity index (χ1) is 9.99. The molecule has 5 heteroatoms. The van der Waals surface area contributed by atoms with E-state index in [0.29, 0.717) is 16.8 Å². The van der Waals surface area contributed by atoms with E-state index in [1.165, 1.54) is 4.90 Å². The van der Waals surface area contributed by atoms with Gasteiger partial charge in [-0.25, -0.2) is 0 Å². The highest BCUT2D eigenvalue weighted by atomic mass is 79.9. The summed E-state index contributed by atoms with van der Waals surface area (Å²) in [4.78, 5) is 25.6. The van der Waals surface area contributed by atoms with Crippen LogP contribution < -0.4 is 5.32 Å². The molecule has 0 aliphatic carbocycles. The van der Waals surface area contributed by atoms with Gasteiger partial charge in [-0.05, 0) is 46.3 Å². The Labute approximate surface area is 131 Å². The number of benzene rings is 2. The van der Waals surface area contributed by atoms with Crippen LogP contribution in [0.3, 0.4) is 0 Å². The molecule has 0 bridgehead atoms. The fraction of sp³-hybridized carbons (Fsp3) is 0.125. The Morgan fingerprint density at radius 3 is 2.43 bits per heavy atom. The van der Waals surface area contributed by atoms with Crippen LogP contribution in [0.5, 0.6) is 0 Å². The van der Waals surface area contributed by atoms with Crippen molar-refractivity contribution in [1.29, 1.82) is 0 Å². The summed E-state index contributed by atoms with van der Waals surface area (Å²) in [7, 11) is 3.38. The van der Waals surface area contributed by atoms with Crippen LogP contribution in [0, 0.1) is 0 Å². The number of carbonyl (C=O) groups is 2. The summed E-state index contributed by atoms with van der Waals surface area (Å²) in [5, 5.41) is 2.79. The van der Waals surface area contributed by atoms with Gasteiger partial charge in [0.25, 0.3) is 11.8 Å². The molecule has 2 rings (SSSR count). The number of amides is 2. The molecule has 0 heterocycles. The maximum atomic E-state index is 12.2. The number of anilines is 1. The third-order valence-electron chi connectivity index (χ3n) is 2.89. The van der Waals surface area contributed by atoms with Crippen LogP contribution in [0.1, 0.15) is 20.7 Å². The fourth-order valence-corrected chi connectivity index (χ4v) is 2.30. The van der Waals surface area contributed by atoms with Crippen molar-refractivity contribution in [2.24, 2.45) is 0 Å². The molecule has 108 valence electrons. The summed E-state index contributed by atoms with van der Waals surface area (Å²) in [5.74, 6) is -0.330. The van der Waals surface area contributed by atoms with Gasteiger partial charge >= 0.3 is 0 Å². The van der Waals surface area contributed by atoms with Gasteiger partial charge in [-0.15, -0.1) is 0 Å². The van der Waals surface area contributed by atoms with E-state index in [1.807, 2.05) is 6.07 Å². The lowest BCUT2D eigenvalue weighted by atomic mass is 10.1. The molecule has 0 aliphatic rings. The molecule has 0 aromatic heterocycles. The molecule has 0 saturated heterocycles. The van der Waals surface area contributed by atoms with Crippen molar-refractivity contribution in [1.82, 2.24) is 4.90 Å². The smallest absolute Gasteiger partial charge is 0.256 e. The van der Waals surface area contributed by atoms with Gasteiger partial charge in [0.1, 0.15) is 0 Å². The number of hydrogen-bond donors (Lipinski definition) is 1. The average Bonchev–Trinajstić information content (AvgIpc) is 2.47. The minimum absolute atomic E-state index is 0.105. The maximum Gasteiger partial charge on any atom is 0.256 e. The van der Waals surface area contributed by atoms with E-state index in [2.05, 4.69) is 21.2 Å². The molecule has 1 N–H and O–H groups in total. The van der Waals surface area contributed by atoms with Crippen molar-refractivity contribution in [2.75, 3.05) is 19.4 Å². The van der Waals surface area contributed by atoms with Crippen LogP contribution in [0.2, 0.25) is 0 Å². The fourth-order valence-electron chi connectivity index (χ4n) is 1.83. The lowest BCUT2D eigenvalue weighted by molar-refractivity contribution is 0.0827. The molecule has 0 radical (unpaired) electrons. The zero-order valence-electron chi connectivity index (χ0n) is 11.8. The monoisotopic (exact) mass is 346 g/mol. The molecule has 2 aromatic carbocycles. The predicted molar refractivity (Wildman–Crippen MR) is 86.6 cm³/mol. The third-order valence-corrected chi connectivity index (χ3v) is 3.58. The molecule has 2 aromatic rings. The molecule has 0 saturated carbocycles. The van der Waals surface area contributed by atoms with E-state index < -0.39 is 0 Å². The average molecular weight is 347 g/mol. The van der Waals surface area contributed by atoms with Gasteiger partial charge in [-0.1, -0.05) is 18.2 Å². The zero-order chi connectivity index (χ0) is 15.4. The van der Waals surface area contributed by atoms with Gasteiger partial charge in [-0.3, -0.25) is 9.59 Å². The highest BCUT2D eigenvalue weighted by Crippen LogP contribution is 2.18. The second-order valence-corrected chi connectivity index (χ2v) is 5.57. The van der Waals surface area contributed by atoms with Crippen LogP contribution in [0.15, 0.2) is 53.0 Å². The van der Waals surface area contributed by atoms with Crippen LogP contribution in [-0.4, -0.2) is 30.8 Å². The summed E-state index contributed by atoms with van der Waals surface area (Å²) in [6.07, 6.45) is 0. The summed E-state index contributed by atoms with van der Waals surface area (Å²) in [5.41, 5.74) is 1.66. The SMILES string of the molecule is CN(C)C(=O)c1cccc(NC(=O)c2ccccc2Br)c1. The minimum atomic E-state index is -0.225. The Bertz CT molecular complexity index is 683. The predicted octanol–water partition coefficient (Wildman–Crippen LogP) is 3.40. The van der Waals surface area contributed by atoms with E-state index in [-0.39, 0.29) is 11.8 Å². The lowest BCUT2D eigenvalue weighted by Crippen LogP contribution is -2.22. The number of halogens is 1. The van der Waals surface area contributed by atoms with E-state index in [1.54, 1.807) is 56.6 Å². The van der Waals surface area contributed by atoms with Crippen molar-refractivity contribution in [2.45, 2.75) is 0 Å². The van der Waals surface area contributed by atoms with Gasteiger partial charge < -0.3 is 10.2 Å². The number of rotatable bonds is 3. The van der Waals surface area contributed by atoms with Crippen LogP contribution in [0.25, 0.3) is 0 Å². The van der Waals surface area contributed by atoms with Crippen LogP contribution >= 0.6 is 15.9 Å². The number of nitrogens with zero attached hydrogens (tertiary/aromatic N) is 1. The summed E-state index contributed by atoms with van der Waals surface area (Å²) in [6.45, 7) is 0. The highest BCUT2D eigenvalue weighted by Gasteiger charge is 2.12. The van der Waals surface area contributed by atoms with Crippen molar-refractivity contribution >= 4 is 33.4 Å². The molecule has 0 spiro atoms. The van der Waals surface area contributed by atoms with Gasteiger partial charge in [0.2, 0.25) is 0 Å². The topological polar surface area (TPSA) is 49.4 Å². The molecule has 2 amide bonds. The van der Waals surface area contributed by atoms with Crippen molar-refractivity contribution in [3.05, 3.63) is 64.1 Å². The first kappa shape index (κ1) is 15.3. The van der Waals surface area contributed by atoms with Gasteiger partial charge in [0.15, 0.2) is 0 Å². The van der Waals surface area contributed by atoms with Crippen molar-refractivity contribution in [3.63, 3.8) is 0 Å². The second-order valence-electron chi connectivity index (χ2n) is 4.71. The Morgan fingerprint density at radius 1 is 1.05 bits per heavy atom. The van der Waals surface area contributed by atoms with E-state index >= 15 is 0 Å². The molecular formula is C16H15BrN2O2. The quantitative estimate of drug-likeness (QED) is 0.925. The Kier molecular flexibility index (Phi) is 4.75. The van der Waals surface area contributed by atoms with E-state index in [4.69, 9.17) is 0 Å². The van der Waals surface area contributed by atoms with E-state index in [0.717, 1.165) is 4.47 Å². The zero-order valence-corrected chi connectivity index (χ0v) is 13.3. The first-order valence-corrected chi connectivity index (χ1v) is 7.16. The molecular weight excluding hydrogens is 332 g/mol. The molecule has 0 fully saturated rings. The summed E-state index contributed by atoms with van der Waals surface area (Å²) in [6, 6.07) is 14.1. The van der Waals surface area contributed by atoms with Crippen molar-refractivity contribution in [3.8, 4) is 0 Å². The third kappa shape index (κ3) is 3.70.